The summed E-state index contributed by atoms with van der Waals surface area (Å²) in [6.45, 7) is 1.46. The number of carbonyl (C=O) groups is 1. The number of anilines is 1. The van der Waals surface area contributed by atoms with Gasteiger partial charge in [0.15, 0.2) is 0 Å². The lowest BCUT2D eigenvalue weighted by atomic mass is 10.0. The molecule has 1 saturated heterocycles. The highest BCUT2D eigenvalue weighted by Gasteiger charge is 2.30. The van der Waals surface area contributed by atoms with Gasteiger partial charge in [0.1, 0.15) is 0 Å². The molecular formula is C9H12N4O2. The molecule has 1 amide bonds. The van der Waals surface area contributed by atoms with Crippen molar-refractivity contribution in [2.24, 2.45) is 5.92 Å². The summed E-state index contributed by atoms with van der Waals surface area (Å²) in [6.07, 6.45) is 2.23. The molecule has 2 heterocycles. The predicted octanol–water partition coefficient (Wildman–Crippen LogP) is 0.105. The largest absolute Gasteiger partial charge is 0.408 e. The molecule has 80 valence electrons. The van der Waals surface area contributed by atoms with Crippen molar-refractivity contribution in [3.63, 3.8) is 0 Å². The Kier molecular flexibility index (Phi) is 1.95. The Morgan fingerprint density at radius 1 is 1.40 bits per heavy atom. The van der Waals surface area contributed by atoms with Crippen LogP contribution in [0.5, 0.6) is 0 Å². The number of aromatic nitrogens is 2. The molecule has 0 spiro atoms. The van der Waals surface area contributed by atoms with Crippen LogP contribution in [-0.4, -0.2) is 29.2 Å². The Labute approximate surface area is 86.4 Å². The molecule has 15 heavy (non-hydrogen) atoms. The molecule has 2 fully saturated rings. The van der Waals surface area contributed by atoms with E-state index in [1.807, 2.05) is 0 Å². The number of rotatable bonds is 3. The zero-order chi connectivity index (χ0) is 10.3. The minimum Gasteiger partial charge on any atom is -0.408 e. The maximum atomic E-state index is 11.5. The van der Waals surface area contributed by atoms with Crippen molar-refractivity contribution in [1.29, 1.82) is 0 Å². The molecular weight excluding hydrogens is 196 g/mol. The van der Waals surface area contributed by atoms with E-state index >= 15 is 0 Å². The van der Waals surface area contributed by atoms with Gasteiger partial charge in [0.2, 0.25) is 11.8 Å². The summed E-state index contributed by atoms with van der Waals surface area (Å²) in [7, 11) is 0. The average Bonchev–Trinajstić information content (AvgIpc) is 2.86. The quantitative estimate of drug-likeness (QED) is 0.736. The van der Waals surface area contributed by atoms with Crippen molar-refractivity contribution in [3.05, 3.63) is 5.89 Å². The van der Waals surface area contributed by atoms with Crippen LogP contribution in [0.3, 0.4) is 0 Å². The van der Waals surface area contributed by atoms with Crippen molar-refractivity contribution in [2.45, 2.75) is 18.8 Å². The highest BCUT2D eigenvalue weighted by molar-refractivity contribution is 5.91. The fourth-order valence-corrected chi connectivity index (χ4v) is 1.46. The smallest absolute Gasteiger partial charge is 0.322 e. The highest BCUT2D eigenvalue weighted by atomic mass is 16.4. The Bertz CT molecular complexity index is 381. The van der Waals surface area contributed by atoms with Crippen LogP contribution in [-0.2, 0) is 4.79 Å². The summed E-state index contributed by atoms with van der Waals surface area (Å²) in [5.41, 5.74) is 0. The van der Waals surface area contributed by atoms with E-state index in [9.17, 15) is 4.79 Å². The molecule has 0 aromatic carbocycles. The zero-order valence-electron chi connectivity index (χ0n) is 8.19. The van der Waals surface area contributed by atoms with E-state index in [2.05, 4.69) is 20.8 Å². The van der Waals surface area contributed by atoms with Crippen molar-refractivity contribution in [1.82, 2.24) is 15.5 Å². The predicted molar refractivity (Wildman–Crippen MR) is 51.3 cm³/mol. The number of amides is 1. The molecule has 0 unspecified atom stereocenters. The minimum atomic E-state index is -0.0419. The molecule has 1 aliphatic heterocycles. The van der Waals surface area contributed by atoms with E-state index < -0.39 is 0 Å². The second-order valence-electron chi connectivity index (χ2n) is 4.06. The molecule has 1 aliphatic carbocycles. The number of hydrogen-bond acceptors (Lipinski definition) is 5. The van der Waals surface area contributed by atoms with Crippen molar-refractivity contribution in [3.8, 4) is 0 Å². The number of hydrogen-bond donors (Lipinski definition) is 2. The van der Waals surface area contributed by atoms with E-state index in [-0.39, 0.29) is 17.8 Å². The molecule has 6 nitrogen and oxygen atoms in total. The highest BCUT2D eigenvalue weighted by Crippen LogP contribution is 2.39. The van der Waals surface area contributed by atoms with Crippen LogP contribution in [0.25, 0.3) is 0 Å². The number of nitrogens with zero attached hydrogens (tertiary/aromatic N) is 2. The van der Waals surface area contributed by atoms with Gasteiger partial charge in [-0.3, -0.25) is 10.1 Å². The van der Waals surface area contributed by atoms with Crippen LogP contribution in [0.1, 0.15) is 24.7 Å². The Hall–Kier alpha value is -1.43. The Balaban J connectivity index is 1.62. The van der Waals surface area contributed by atoms with Crippen LogP contribution in [0.2, 0.25) is 0 Å². The lowest BCUT2D eigenvalue weighted by Crippen LogP contribution is -2.48. The summed E-state index contributed by atoms with van der Waals surface area (Å²) < 4.78 is 5.32. The lowest BCUT2D eigenvalue weighted by Gasteiger charge is -2.24. The molecule has 2 aliphatic rings. The van der Waals surface area contributed by atoms with Crippen LogP contribution >= 0.6 is 0 Å². The van der Waals surface area contributed by atoms with Gasteiger partial charge >= 0.3 is 6.01 Å². The third-order valence-corrected chi connectivity index (χ3v) is 2.75. The standard InChI is InChI=1S/C9H12N4O2/c14-7(6-3-10-4-6)11-9-13-12-8(15-9)5-1-2-5/h5-6,10H,1-4H2,(H,11,13,14). The van der Waals surface area contributed by atoms with Crippen LogP contribution in [0, 0.1) is 5.92 Å². The van der Waals surface area contributed by atoms with E-state index in [1.54, 1.807) is 0 Å². The fourth-order valence-electron chi connectivity index (χ4n) is 1.46. The first-order valence-corrected chi connectivity index (χ1v) is 5.18. The molecule has 0 radical (unpaired) electrons. The van der Waals surface area contributed by atoms with Gasteiger partial charge in [-0.05, 0) is 12.8 Å². The first kappa shape index (κ1) is 8.84. The molecule has 6 heteroatoms. The van der Waals surface area contributed by atoms with Crippen LogP contribution < -0.4 is 10.6 Å². The molecule has 1 aromatic rings. The SMILES string of the molecule is O=C(Nc1nnc(C2CC2)o1)C1CNC1. The van der Waals surface area contributed by atoms with Gasteiger partial charge in [-0.25, -0.2) is 0 Å². The topological polar surface area (TPSA) is 80.1 Å². The Morgan fingerprint density at radius 2 is 2.20 bits per heavy atom. The van der Waals surface area contributed by atoms with E-state index in [1.165, 1.54) is 0 Å². The molecule has 0 atom stereocenters. The minimum absolute atomic E-state index is 0.0419. The fraction of sp³-hybridized carbons (Fsp3) is 0.667. The third kappa shape index (κ3) is 1.72. The van der Waals surface area contributed by atoms with Gasteiger partial charge < -0.3 is 9.73 Å². The maximum absolute atomic E-state index is 11.5. The summed E-state index contributed by atoms with van der Waals surface area (Å²) in [6, 6.07) is 0.230. The molecule has 0 bridgehead atoms. The van der Waals surface area contributed by atoms with Gasteiger partial charge in [-0.15, -0.1) is 5.10 Å². The maximum Gasteiger partial charge on any atom is 0.322 e. The van der Waals surface area contributed by atoms with E-state index in [4.69, 9.17) is 4.42 Å². The second-order valence-corrected chi connectivity index (χ2v) is 4.06. The monoisotopic (exact) mass is 208 g/mol. The first-order chi connectivity index (χ1) is 7.33. The van der Waals surface area contributed by atoms with E-state index in [0.29, 0.717) is 11.8 Å². The van der Waals surface area contributed by atoms with Gasteiger partial charge in [0, 0.05) is 19.0 Å². The lowest BCUT2D eigenvalue weighted by molar-refractivity contribution is -0.121. The van der Waals surface area contributed by atoms with Crippen LogP contribution in [0.4, 0.5) is 6.01 Å². The van der Waals surface area contributed by atoms with Crippen LogP contribution in [0.15, 0.2) is 4.42 Å². The summed E-state index contributed by atoms with van der Waals surface area (Å²) in [5, 5.41) is 13.3. The number of nitrogens with one attached hydrogen (secondary N) is 2. The molecule has 1 aromatic heterocycles. The van der Waals surface area contributed by atoms with Gasteiger partial charge in [-0.1, -0.05) is 5.10 Å². The normalized spacial score (nSPS) is 21.1. The summed E-state index contributed by atoms with van der Waals surface area (Å²) in [5.74, 6) is 1.08. The summed E-state index contributed by atoms with van der Waals surface area (Å²) >= 11 is 0. The molecule has 3 rings (SSSR count). The second kappa shape index (κ2) is 3.30. The third-order valence-electron chi connectivity index (χ3n) is 2.75. The Morgan fingerprint density at radius 3 is 2.80 bits per heavy atom. The van der Waals surface area contributed by atoms with Crippen molar-refractivity contribution in [2.75, 3.05) is 18.4 Å². The molecule has 2 N–H and O–H groups in total. The van der Waals surface area contributed by atoms with Gasteiger partial charge in [-0.2, -0.15) is 0 Å². The summed E-state index contributed by atoms with van der Waals surface area (Å²) in [4.78, 5) is 11.5. The number of carbonyl (C=O) groups excluding carboxylic acids is 1. The zero-order valence-corrected chi connectivity index (χ0v) is 8.19. The van der Waals surface area contributed by atoms with Crippen molar-refractivity contribution >= 4 is 11.9 Å². The van der Waals surface area contributed by atoms with E-state index in [0.717, 1.165) is 25.9 Å². The van der Waals surface area contributed by atoms with Crippen molar-refractivity contribution < 1.29 is 9.21 Å². The van der Waals surface area contributed by atoms with Gasteiger partial charge in [0.25, 0.3) is 0 Å². The first-order valence-electron chi connectivity index (χ1n) is 5.18. The molecule has 1 saturated carbocycles. The van der Waals surface area contributed by atoms with Gasteiger partial charge in [0.05, 0.1) is 5.92 Å². The average molecular weight is 208 g/mol.